The van der Waals surface area contributed by atoms with E-state index in [2.05, 4.69) is 42.2 Å². The summed E-state index contributed by atoms with van der Waals surface area (Å²) in [6.07, 6.45) is 2.92. The fourth-order valence-electron chi connectivity index (χ4n) is 1.84. The van der Waals surface area contributed by atoms with E-state index in [-0.39, 0.29) is 0 Å². The molecule has 0 aliphatic rings. The number of aromatic nitrogens is 1. The molecule has 1 atom stereocenters. The summed E-state index contributed by atoms with van der Waals surface area (Å²) in [5.74, 6) is 0.434. The van der Waals surface area contributed by atoms with Crippen LogP contribution in [0.3, 0.4) is 0 Å². The van der Waals surface area contributed by atoms with Crippen molar-refractivity contribution in [2.75, 3.05) is 6.54 Å². The van der Waals surface area contributed by atoms with Crippen LogP contribution in [-0.4, -0.2) is 11.5 Å². The minimum absolute atomic E-state index is 0.434. The van der Waals surface area contributed by atoms with Crippen LogP contribution in [0.1, 0.15) is 29.7 Å². The van der Waals surface area contributed by atoms with Gasteiger partial charge in [-0.3, -0.25) is 0 Å². The molecule has 16 heavy (non-hydrogen) atoms. The highest BCUT2D eigenvalue weighted by Crippen LogP contribution is 2.17. The van der Waals surface area contributed by atoms with E-state index in [1.165, 1.54) is 16.8 Å². The van der Waals surface area contributed by atoms with E-state index in [1.807, 2.05) is 12.3 Å². The zero-order valence-corrected chi connectivity index (χ0v) is 9.61. The molecule has 2 aromatic rings. The van der Waals surface area contributed by atoms with E-state index in [0.29, 0.717) is 12.5 Å². The van der Waals surface area contributed by atoms with Gasteiger partial charge in [0.15, 0.2) is 0 Å². The number of hydrogen-bond acceptors (Lipinski definition) is 1. The fraction of sp³-hybridized carbons (Fsp3) is 0.286. The van der Waals surface area contributed by atoms with Gasteiger partial charge >= 0.3 is 0 Å². The molecule has 3 N–H and O–H groups in total. The Morgan fingerprint density at radius 2 is 2.12 bits per heavy atom. The lowest BCUT2D eigenvalue weighted by Gasteiger charge is -2.10. The topological polar surface area (TPSA) is 41.8 Å². The van der Waals surface area contributed by atoms with Gasteiger partial charge in [-0.1, -0.05) is 31.2 Å². The van der Waals surface area contributed by atoms with E-state index in [0.717, 1.165) is 6.42 Å². The predicted molar refractivity (Wildman–Crippen MR) is 67.5 cm³/mol. The van der Waals surface area contributed by atoms with Gasteiger partial charge in [-0.2, -0.15) is 0 Å². The number of nitrogens with one attached hydrogen (secondary N) is 1. The Morgan fingerprint density at radius 3 is 2.81 bits per heavy atom. The highest BCUT2D eigenvalue weighted by Gasteiger charge is 2.04. The first-order valence-electron chi connectivity index (χ1n) is 5.71. The third-order valence-corrected chi connectivity index (χ3v) is 2.93. The van der Waals surface area contributed by atoms with Crippen molar-refractivity contribution in [1.29, 1.82) is 0 Å². The van der Waals surface area contributed by atoms with Crippen molar-refractivity contribution < 1.29 is 0 Å². The van der Waals surface area contributed by atoms with Crippen molar-refractivity contribution in [2.45, 2.75) is 19.3 Å². The molecule has 84 valence electrons. The van der Waals surface area contributed by atoms with E-state index < -0.39 is 0 Å². The lowest BCUT2D eigenvalue weighted by Crippen LogP contribution is -2.09. The van der Waals surface area contributed by atoms with Crippen LogP contribution < -0.4 is 5.73 Å². The maximum Gasteiger partial charge on any atom is 0.0191 e. The smallest absolute Gasteiger partial charge is 0.0191 e. The zero-order chi connectivity index (χ0) is 11.4. The standard InChI is InChI=1S/C14H18N2/c1-11(10-15)13-5-2-4-12(8-13)9-14-6-3-7-16-14/h2-8,11,16H,9-10,15H2,1H3. The zero-order valence-electron chi connectivity index (χ0n) is 9.61. The van der Waals surface area contributed by atoms with E-state index in [4.69, 9.17) is 5.73 Å². The first kappa shape index (κ1) is 11.0. The minimum atomic E-state index is 0.434. The average molecular weight is 214 g/mol. The van der Waals surface area contributed by atoms with Crippen molar-refractivity contribution >= 4 is 0 Å². The largest absolute Gasteiger partial charge is 0.365 e. The number of benzene rings is 1. The molecule has 2 heteroatoms. The Hall–Kier alpha value is -1.54. The van der Waals surface area contributed by atoms with Crippen LogP contribution >= 0.6 is 0 Å². The van der Waals surface area contributed by atoms with Crippen LogP contribution in [0, 0.1) is 0 Å². The van der Waals surface area contributed by atoms with Crippen molar-refractivity contribution in [1.82, 2.24) is 4.98 Å². The molecule has 0 aliphatic heterocycles. The Labute approximate surface area is 96.5 Å². The number of hydrogen-bond donors (Lipinski definition) is 2. The molecule has 2 rings (SSSR count). The van der Waals surface area contributed by atoms with Crippen LogP contribution in [0.15, 0.2) is 42.6 Å². The molecule has 1 heterocycles. The highest BCUT2D eigenvalue weighted by atomic mass is 14.7. The Balaban J connectivity index is 2.16. The minimum Gasteiger partial charge on any atom is -0.365 e. The first-order valence-corrected chi connectivity index (χ1v) is 5.71. The van der Waals surface area contributed by atoms with Crippen molar-refractivity contribution in [3.8, 4) is 0 Å². The molecular weight excluding hydrogens is 196 g/mol. The van der Waals surface area contributed by atoms with Gasteiger partial charge in [0.1, 0.15) is 0 Å². The summed E-state index contributed by atoms with van der Waals surface area (Å²) in [4.78, 5) is 3.22. The van der Waals surface area contributed by atoms with Gasteiger partial charge < -0.3 is 10.7 Å². The van der Waals surface area contributed by atoms with E-state index in [9.17, 15) is 0 Å². The van der Waals surface area contributed by atoms with Crippen LogP contribution in [0.25, 0.3) is 0 Å². The lowest BCUT2D eigenvalue weighted by atomic mass is 9.98. The Bertz CT molecular complexity index is 432. The molecule has 0 spiro atoms. The SMILES string of the molecule is CC(CN)c1cccc(Cc2ccc[nH]2)c1. The second-order valence-corrected chi connectivity index (χ2v) is 4.25. The summed E-state index contributed by atoms with van der Waals surface area (Å²) >= 11 is 0. The van der Waals surface area contributed by atoms with Crippen molar-refractivity contribution in [2.24, 2.45) is 5.73 Å². The van der Waals surface area contributed by atoms with E-state index >= 15 is 0 Å². The summed E-state index contributed by atoms with van der Waals surface area (Å²) in [5.41, 5.74) is 9.59. The van der Waals surface area contributed by atoms with Crippen LogP contribution in [0.4, 0.5) is 0 Å². The third-order valence-electron chi connectivity index (χ3n) is 2.93. The number of H-pyrrole nitrogens is 1. The highest BCUT2D eigenvalue weighted by molar-refractivity contribution is 5.29. The van der Waals surface area contributed by atoms with Gasteiger partial charge in [0.25, 0.3) is 0 Å². The molecule has 1 aromatic heterocycles. The Kier molecular flexibility index (Phi) is 3.42. The molecule has 0 amide bonds. The second-order valence-electron chi connectivity index (χ2n) is 4.25. The molecule has 0 bridgehead atoms. The van der Waals surface area contributed by atoms with E-state index in [1.54, 1.807) is 0 Å². The van der Waals surface area contributed by atoms with Gasteiger partial charge in [0.2, 0.25) is 0 Å². The normalized spacial score (nSPS) is 12.6. The molecule has 0 saturated carbocycles. The van der Waals surface area contributed by atoms with Gasteiger partial charge in [-0.25, -0.2) is 0 Å². The summed E-state index contributed by atoms with van der Waals surface area (Å²) in [6, 6.07) is 12.8. The Morgan fingerprint density at radius 1 is 1.25 bits per heavy atom. The molecule has 0 fully saturated rings. The third kappa shape index (κ3) is 2.52. The van der Waals surface area contributed by atoms with Gasteiger partial charge in [0, 0.05) is 18.3 Å². The second kappa shape index (κ2) is 4.99. The quantitative estimate of drug-likeness (QED) is 0.807. The first-order chi connectivity index (χ1) is 7.79. The summed E-state index contributed by atoms with van der Waals surface area (Å²) in [6.45, 7) is 2.86. The van der Waals surface area contributed by atoms with Gasteiger partial charge in [-0.05, 0) is 35.7 Å². The lowest BCUT2D eigenvalue weighted by molar-refractivity contribution is 0.772. The molecule has 0 saturated heterocycles. The van der Waals surface area contributed by atoms with Crippen LogP contribution in [0.5, 0.6) is 0 Å². The van der Waals surface area contributed by atoms with Crippen LogP contribution in [0.2, 0.25) is 0 Å². The summed E-state index contributed by atoms with van der Waals surface area (Å²) in [7, 11) is 0. The predicted octanol–water partition coefficient (Wildman–Crippen LogP) is 2.67. The van der Waals surface area contributed by atoms with Crippen molar-refractivity contribution in [3.05, 3.63) is 59.4 Å². The number of rotatable bonds is 4. The summed E-state index contributed by atoms with van der Waals surface area (Å²) < 4.78 is 0. The molecule has 1 aromatic carbocycles. The number of aromatic amines is 1. The molecule has 2 nitrogen and oxygen atoms in total. The van der Waals surface area contributed by atoms with Crippen LogP contribution in [-0.2, 0) is 6.42 Å². The maximum absolute atomic E-state index is 5.68. The molecule has 1 unspecified atom stereocenters. The fourth-order valence-corrected chi connectivity index (χ4v) is 1.84. The van der Waals surface area contributed by atoms with Crippen molar-refractivity contribution in [3.63, 3.8) is 0 Å². The maximum atomic E-state index is 5.68. The molecule has 0 radical (unpaired) electrons. The van der Waals surface area contributed by atoms with Gasteiger partial charge in [0.05, 0.1) is 0 Å². The molecule has 0 aliphatic carbocycles. The average Bonchev–Trinajstić information content (AvgIpc) is 2.81. The molecular formula is C14H18N2. The summed E-state index contributed by atoms with van der Waals surface area (Å²) in [5, 5.41) is 0. The van der Waals surface area contributed by atoms with Gasteiger partial charge in [-0.15, -0.1) is 0 Å². The monoisotopic (exact) mass is 214 g/mol. The number of nitrogens with two attached hydrogens (primary N) is 1.